The minimum Gasteiger partial charge on any atom is -0.481 e. The van der Waals surface area contributed by atoms with Crippen molar-refractivity contribution in [1.82, 2.24) is 15.3 Å². The third-order valence-corrected chi connectivity index (χ3v) is 3.52. The summed E-state index contributed by atoms with van der Waals surface area (Å²) in [5.74, 6) is 0.577. The first-order valence-electron chi connectivity index (χ1n) is 6.42. The SMILES string of the molecule is CNC(Cc1cc(OC)ncn1)c1cc(Cl)ccc1C. The van der Waals surface area contributed by atoms with Crippen molar-refractivity contribution in [3.63, 3.8) is 0 Å². The van der Waals surface area contributed by atoms with Crippen LogP contribution in [0.3, 0.4) is 0 Å². The Hall–Kier alpha value is -1.65. The van der Waals surface area contributed by atoms with Gasteiger partial charge in [0.25, 0.3) is 0 Å². The summed E-state index contributed by atoms with van der Waals surface area (Å²) in [6.07, 6.45) is 2.27. The van der Waals surface area contributed by atoms with Crippen LogP contribution in [0, 0.1) is 6.92 Å². The number of halogens is 1. The number of ether oxygens (including phenoxy) is 1. The Morgan fingerprint density at radius 3 is 2.80 bits per heavy atom. The molecule has 0 amide bonds. The number of rotatable bonds is 5. The second-order valence-electron chi connectivity index (χ2n) is 4.60. The van der Waals surface area contributed by atoms with Crippen molar-refractivity contribution < 1.29 is 4.74 Å². The number of hydrogen-bond acceptors (Lipinski definition) is 4. The predicted molar refractivity (Wildman–Crippen MR) is 80.3 cm³/mol. The Morgan fingerprint density at radius 1 is 1.30 bits per heavy atom. The molecule has 0 bridgehead atoms. The van der Waals surface area contributed by atoms with Crippen LogP contribution in [0.5, 0.6) is 5.88 Å². The number of hydrogen-bond donors (Lipinski definition) is 1. The second-order valence-corrected chi connectivity index (χ2v) is 5.03. The zero-order chi connectivity index (χ0) is 14.5. The van der Waals surface area contributed by atoms with Gasteiger partial charge in [-0.2, -0.15) is 0 Å². The van der Waals surface area contributed by atoms with Gasteiger partial charge in [-0.05, 0) is 37.2 Å². The topological polar surface area (TPSA) is 47.0 Å². The fourth-order valence-electron chi connectivity index (χ4n) is 2.16. The predicted octanol–water partition coefficient (Wildman–Crippen LogP) is 2.95. The van der Waals surface area contributed by atoms with Crippen LogP contribution in [-0.2, 0) is 6.42 Å². The first kappa shape index (κ1) is 14.8. The molecule has 1 unspecified atom stereocenters. The Balaban J connectivity index is 2.26. The zero-order valence-corrected chi connectivity index (χ0v) is 12.6. The molecule has 1 aromatic heterocycles. The van der Waals surface area contributed by atoms with Gasteiger partial charge in [0.2, 0.25) is 5.88 Å². The lowest BCUT2D eigenvalue weighted by Crippen LogP contribution is -2.20. The molecule has 1 N–H and O–H groups in total. The maximum Gasteiger partial charge on any atom is 0.216 e. The van der Waals surface area contributed by atoms with Gasteiger partial charge in [-0.15, -0.1) is 0 Å². The lowest BCUT2D eigenvalue weighted by atomic mass is 9.97. The number of methoxy groups -OCH3 is 1. The van der Waals surface area contributed by atoms with Gasteiger partial charge in [-0.3, -0.25) is 0 Å². The Bertz CT molecular complexity index is 589. The molecule has 0 radical (unpaired) electrons. The summed E-state index contributed by atoms with van der Waals surface area (Å²) in [4.78, 5) is 8.31. The standard InChI is InChI=1S/C15H18ClN3O/c1-10-4-5-11(16)6-13(10)14(17-2)7-12-8-15(20-3)19-9-18-12/h4-6,8-9,14,17H,7H2,1-3H3. The molecule has 4 nitrogen and oxygen atoms in total. The van der Waals surface area contributed by atoms with E-state index in [4.69, 9.17) is 16.3 Å². The van der Waals surface area contributed by atoms with E-state index in [0.717, 1.165) is 17.1 Å². The van der Waals surface area contributed by atoms with Gasteiger partial charge in [-0.1, -0.05) is 17.7 Å². The van der Waals surface area contributed by atoms with Gasteiger partial charge in [0, 0.05) is 29.2 Å². The second kappa shape index (κ2) is 6.68. The number of aromatic nitrogens is 2. The van der Waals surface area contributed by atoms with Gasteiger partial charge in [-0.25, -0.2) is 9.97 Å². The molecule has 1 heterocycles. The molecule has 1 atom stereocenters. The molecule has 2 aromatic rings. The number of nitrogens with one attached hydrogen (secondary N) is 1. The maximum absolute atomic E-state index is 6.10. The van der Waals surface area contributed by atoms with Crippen molar-refractivity contribution in [1.29, 1.82) is 0 Å². The van der Waals surface area contributed by atoms with Crippen molar-refractivity contribution in [2.45, 2.75) is 19.4 Å². The first-order chi connectivity index (χ1) is 9.63. The van der Waals surface area contributed by atoms with E-state index < -0.39 is 0 Å². The van der Waals surface area contributed by atoms with E-state index in [1.807, 2.05) is 31.3 Å². The molecule has 20 heavy (non-hydrogen) atoms. The highest BCUT2D eigenvalue weighted by Crippen LogP contribution is 2.24. The van der Waals surface area contributed by atoms with Crippen LogP contribution in [0.25, 0.3) is 0 Å². The summed E-state index contributed by atoms with van der Waals surface area (Å²) in [5, 5.41) is 4.05. The molecule has 0 saturated heterocycles. The Kier molecular flexibility index (Phi) is 4.93. The van der Waals surface area contributed by atoms with Crippen LogP contribution in [-0.4, -0.2) is 24.1 Å². The Morgan fingerprint density at radius 2 is 2.10 bits per heavy atom. The molecule has 106 valence electrons. The van der Waals surface area contributed by atoms with E-state index in [-0.39, 0.29) is 6.04 Å². The van der Waals surface area contributed by atoms with Crippen LogP contribution in [0.2, 0.25) is 5.02 Å². The molecule has 2 rings (SSSR count). The fourth-order valence-corrected chi connectivity index (χ4v) is 2.34. The van der Waals surface area contributed by atoms with Crippen molar-refractivity contribution in [3.8, 4) is 5.88 Å². The highest BCUT2D eigenvalue weighted by atomic mass is 35.5. The third kappa shape index (κ3) is 3.46. The molecule has 5 heteroatoms. The van der Waals surface area contributed by atoms with Gasteiger partial charge >= 0.3 is 0 Å². The van der Waals surface area contributed by atoms with Crippen LogP contribution in [0.4, 0.5) is 0 Å². The summed E-state index contributed by atoms with van der Waals surface area (Å²) in [7, 11) is 3.53. The minimum atomic E-state index is 0.147. The summed E-state index contributed by atoms with van der Waals surface area (Å²) < 4.78 is 5.13. The van der Waals surface area contributed by atoms with Crippen LogP contribution < -0.4 is 10.1 Å². The van der Waals surface area contributed by atoms with Crippen LogP contribution in [0.15, 0.2) is 30.6 Å². The van der Waals surface area contributed by atoms with Gasteiger partial charge in [0.1, 0.15) is 6.33 Å². The van der Waals surface area contributed by atoms with Crippen molar-refractivity contribution in [2.24, 2.45) is 0 Å². The van der Waals surface area contributed by atoms with Gasteiger partial charge in [0.05, 0.1) is 7.11 Å². The van der Waals surface area contributed by atoms with Crippen molar-refractivity contribution in [2.75, 3.05) is 14.2 Å². The zero-order valence-electron chi connectivity index (χ0n) is 11.9. The van der Waals surface area contributed by atoms with E-state index in [1.165, 1.54) is 17.5 Å². The molecule has 0 fully saturated rings. The van der Waals surface area contributed by atoms with E-state index in [0.29, 0.717) is 5.88 Å². The highest BCUT2D eigenvalue weighted by molar-refractivity contribution is 6.30. The monoisotopic (exact) mass is 291 g/mol. The summed E-state index contributed by atoms with van der Waals surface area (Å²) in [6, 6.07) is 7.93. The average molecular weight is 292 g/mol. The van der Waals surface area contributed by atoms with E-state index in [2.05, 4.69) is 22.2 Å². The number of likely N-dealkylation sites (N-methyl/N-ethyl adjacent to an activating group) is 1. The van der Waals surface area contributed by atoms with Gasteiger partial charge in [0.15, 0.2) is 0 Å². The molecule has 1 aromatic carbocycles. The van der Waals surface area contributed by atoms with Gasteiger partial charge < -0.3 is 10.1 Å². The largest absolute Gasteiger partial charge is 0.481 e. The van der Waals surface area contributed by atoms with E-state index >= 15 is 0 Å². The molecule has 0 aliphatic rings. The molecule has 0 saturated carbocycles. The number of benzene rings is 1. The number of nitrogens with zero attached hydrogens (tertiary/aromatic N) is 2. The maximum atomic E-state index is 6.10. The number of aryl methyl sites for hydroxylation is 1. The summed E-state index contributed by atoms with van der Waals surface area (Å²) in [6.45, 7) is 2.08. The molecular weight excluding hydrogens is 274 g/mol. The highest BCUT2D eigenvalue weighted by Gasteiger charge is 2.14. The third-order valence-electron chi connectivity index (χ3n) is 3.29. The summed E-state index contributed by atoms with van der Waals surface area (Å²) in [5.41, 5.74) is 3.31. The fraction of sp³-hybridized carbons (Fsp3) is 0.333. The lowest BCUT2D eigenvalue weighted by molar-refractivity contribution is 0.395. The van der Waals surface area contributed by atoms with Crippen LogP contribution in [0.1, 0.15) is 22.9 Å². The minimum absolute atomic E-state index is 0.147. The average Bonchev–Trinajstić information content (AvgIpc) is 2.47. The molecular formula is C15H18ClN3O. The van der Waals surface area contributed by atoms with Crippen molar-refractivity contribution in [3.05, 3.63) is 52.4 Å². The normalized spacial score (nSPS) is 12.2. The Labute approximate surface area is 124 Å². The van der Waals surface area contributed by atoms with E-state index in [1.54, 1.807) is 7.11 Å². The first-order valence-corrected chi connectivity index (χ1v) is 6.80. The van der Waals surface area contributed by atoms with E-state index in [9.17, 15) is 0 Å². The quantitative estimate of drug-likeness (QED) is 0.920. The molecule has 0 aliphatic carbocycles. The molecule has 0 spiro atoms. The molecule has 0 aliphatic heterocycles. The lowest BCUT2D eigenvalue weighted by Gasteiger charge is -2.19. The summed E-state index contributed by atoms with van der Waals surface area (Å²) >= 11 is 6.10. The smallest absolute Gasteiger partial charge is 0.216 e. The van der Waals surface area contributed by atoms with Crippen LogP contribution >= 0.6 is 11.6 Å². The van der Waals surface area contributed by atoms with Crippen molar-refractivity contribution >= 4 is 11.6 Å².